The molecule has 4 aliphatic rings. The van der Waals surface area contributed by atoms with Crippen molar-refractivity contribution >= 4 is 23.7 Å². The van der Waals surface area contributed by atoms with Gasteiger partial charge in [0.2, 0.25) is 0 Å². The molecule has 2 unspecified atom stereocenters. The molecule has 0 N–H and O–H groups in total. The van der Waals surface area contributed by atoms with Crippen molar-refractivity contribution in [1.29, 1.82) is 0 Å². The van der Waals surface area contributed by atoms with E-state index in [1.54, 1.807) is 0 Å². The Balaban J connectivity index is 1.71. The van der Waals surface area contributed by atoms with Gasteiger partial charge in [0.05, 0.1) is 13.0 Å². The number of Topliss-reactive ketones (excluding diaryl/α,β-unsaturated/α-hetero) is 1. The van der Waals surface area contributed by atoms with Gasteiger partial charge in [0.1, 0.15) is 6.10 Å². The predicted molar refractivity (Wildman–Crippen MR) is 114 cm³/mol. The number of rotatable bonds is 3. The molecule has 178 valence electrons. The zero-order chi connectivity index (χ0) is 23.4. The van der Waals surface area contributed by atoms with Gasteiger partial charge in [-0.05, 0) is 68.1 Å². The standard InChI is InChI=1S/C25H36O7/c1-13(26)31-16-10-11-24(3)15(12-16)6-7-17-18-8-9-19(23(29)30-5)25(18,4)22(28)21(20(17)24)32-14(2)27/h15-21H,6-12H2,1-5H3/t15-,16+,17?,18-,19-,20?,21+,24+,25+/m1/s1. The van der Waals surface area contributed by atoms with Gasteiger partial charge in [-0.15, -0.1) is 0 Å². The summed E-state index contributed by atoms with van der Waals surface area (Å²) in [6, 6.07) is 0. The van der Waals surface area contributed by atoms with Crippen molar-refractivity contribution in [3.05, 3.63) is 0 Å². The molecule has 0 bridgehead atoms. The maximum absolute atomic E-state index is 14.0. The van der Waals surface area contributed by atoms with Crippen molar-refractivity contribution in [2.75, 3.05) is 7.11 Å². The Hall–Kier alpha value is -1.92. The summed E-state index contributed by atoms with van der Waals surface area (Å²) in [4.78, 5) is 50.2. The molecule has 0 aromatic rings. The molecule has 0 heterocycles. The van der Waals surface area contributed by atoms with E-state index in [1.807, 2.05) is 6.92 Å². The first-order chi connectivity index (χ1) is 15.0. The largest absolute Gasteiger partial charge is 0.469 e. The molecule has 4 aliphatic carbocycles. The van der Waals surface area contributed by atoms with E-state index in [-0.39, 0.29) is 47.0 Å². The van der Waals surface area contributed by atoms with E-state index >= 15 is 0 Å². The van der Waals surface area contributed by atoms with Gasteiger partial charge < -0.3 is 14.2 Å². The first kappa shape index (κ1) is 23.2. The quantitative estimate of drug-likeness (QED) is 0.482. The van der Waals surface area contributed by atoms with Crippen LogP contribution in [-0.2, 0) is 33.4 Å². The predicted octanol–water partition coefficient (Wildman–Crippen LogP) is 3.47. The smallest absolute Gasteiger partial charge is 0.309 e. The number of ether oxygens (including phenoxy) is 3. The Bertz CT molecular complexity index is 821. The number of hydrogen-bond acceptors (Lipinski definition) is 7. The van der Waals surface area contributed by atoms with E-state index in [4.69, 9.17) is 14.2 Å². The van der Waals surface area contributed by atoms with Crippen molar-refractivity contribution in [1.82, 2.24) is 0 Å². The molecule has 32 heavy (non-hydrogen) atoms. The van der Waals surface area contributed by atoms with Crippen LogP contribution in [0.1, 0.15) is 72.6 Å². The van der Waals surface area contributed by atoms with Gasteiger partial charge in [-0.3, -0.25) is 19.2 Å². The first-order valence-corrected chi connectivity index (χ1v) is 12.0. The zero-order valence-corrected chi connectivity index (χ0v) is 19.8. The van der Waals surface area contributed by atoms with Gasteiger partial charge >= 0.3 is 17.9 Å². The number of methoxy groups -OCH3 is 1. The molecule has 9 atom stereocenters. The van der Waals surface area contributed by atoms with Crippen LogP contribution >= 0.6 is 0 Å². The first-order valence-electron chi connectivity index (χ1n) is 12.0. The average Bonchev–Trinajstić information content (AvgIpc) is 3.08. The molecule has 0 aromatic heterocycles. The van der Waals surface area contributed by atoms with Gasteiger partial charge in [-0.2, -0.15) is 0 Å². The lowest BCUT2D eigenvalue weighted by atomic mass is 9.43. The molecule has 4 saturated carbocycles. The second kappa shape index (κ2) is 8.14. The third kappa shape index (κ3) is 3.38. The summed E-state index contributed by atoms with van der Waals surface area (Å²) < 4.78 is 16.4. The summed E-state index contributed by atoms with van der Waals surface area (Å²) in [5, 5.41) is 0. The van der Waals surface area contributed by atoms with Crippen molar-refractivity contribution in [2.24, 2.45) is 40.4 Å². The third-order valence-electron chi connectivity index (χ3n) is 9.56. The fraction of sp³-hybridized carbons (Fsp3) is 0.840. The van der Waals surface area contributed by atoms with Crippen LogP contribution in [0.3, 0.4) is 0 Å². The summed E-state index contributed by atoms with van der Waals surface area (Å²) in [5.41, 5.74) is -1.05. The number of hydrogen-bond donors (Lipinski definition) is 0. The molecular formula is C25H36O7. The van der Waals surface area contributed by atoms with Crippen LogP contribution in [0.2, 0.25) is 0 Å². The van der Waals surface area contributed by atoms with Crippen LogP contribution in [-0.4, -0.2) is 43.0 Å². The Morgan fingerprint density at radius 1 is 0.938 bits per heavy atom. The Morgan fingerprint density at radius 2 is 1.62 bits per heavy atom. The topological polar surface area (TPSA) is 96.0 Å². The number of fused-ring (bicyclic) bond motifs is 5. The van der Waals surface area contributed by atoms with Gasteiger partial charge in [-0.25, -0.2) is 0 Å². The van der Waals surface area contributed by atoms with Crippen LogP contribution < -0.4 is 0 Å². The highest BCUT2D eigenvalue weighted by Crippen LogP contribution is 2.67. The van der Waals surface area contributed by atoms with Crippen LogP contribution in [0, 0.1) is 40.4 Å². The lowest BCUT2D eigenvalue weighted by Gasteiger charge is -2.61. The van der Waals surface area contributed by atoms with E-state index in [9.17, 15) is 19.2 Å². The number of carbonyl (C=O) groups is 4. The van der Waals surface area contributed by atoms with Gasteiger partial charge in [-0.1, -0.05) is 13.8 Å². The average molecular weight is 449 g/mol. The lowest BCUT2D eigenvalue weighted by Crippen LogP contribution is -2.64. The van der Waals surface area contributed by atoms with Crippen LogP contribution in [0.4, 0.5) is 0 Å². The maximum Gasteiger partial charge on any atom is 0.309 e. The fourth-order valence-corrected chi connectivity index (χ4v) is 8.19. The van der Waals surface area contributed by atoms with Gasteiger partial charge in [0.15, 0.2) is 11.9 Å². The molecule has 7 heteroatoms. The van der Waals surface area contributed by atoms with E-state index in [0.717, 1.165) is 38.5 Å². The molecule has 7 nitrogen and oxygen atoms in total. The number of ketones is 1. The third-order valence-corrected chi connectivity index (χ3v) is 9.56. The molecule has 4 rings (SSSR count). The zero-order valence-electron chi connectivity index (χ0n) is 19.8. The highest BCUT2D eigenvalue weighted by molar-refractivity contribution is 5.96. The van der Waals surface area contributed by atoms with Crippen molar-refractivity contribution in [3.63, 3.8) is 0 Å². The molecule has 0 amide bonds. The van der Waals surface area contributed by atoms with Gasteiger partial charge in [0.25, 0.3) is 0 Å². The van der Waals surface area contributed by atoms with Crippen LogP contribution in [0.25, 0.3) is 0 Å². The summed E-state index contributed by atoms with van der Waals surface area (Å²) in [7, 11) is 1.37. The minimum absolute atomic E-state index is 0.0783. The van der Waals surface area contributed by atoms with Crippen LogP contribution in [0.5, 0.6) is 0 Å². The fourth-order valence-electron chi connectivity index (χ4n) is 8.19. The van der Waals surface area contributed by atoms with Gasteiger partial charge in [0, 0.05) is 25.2 Å². The number of esters is 3. The van der Waals surface area contributed by atoms with E-state index in [2.05, 4.69) is 6.92 Å². The molecule has 0 saturated heterocycles. The normalized spacial score (nSPS) is 45.2. The van der Waals surface area contributed by atoms with E-state index < -0.39 is 23.4 Å². The summed E-state index contributed by atoms with van der Waals surface area (Å²) in [6.07, 6.45) is 4.79. The summed E-state index contributed by atoms with van der Waals surface area (Å²) in [5.74, 6) is -1.15. The summed E-state index contributed by atoms with van der Waals surface area (Å²) in [6.45, 7) is 6.92. The second-order valence-corrected chi connectivity index (χ2v) is 10.9. The van der Waals surface area contributed by atoms with Crippen molar-refractivity contribution in [3.8, 4) is 0 Å². The molecule has 0 aliphatic heterocycles. The van der Waals surface area contributed by atoms with Crippen molar-refractivity contribution < 1.29 is 33.4 Å². The SMILES string of the molecule is COC(=O)[C@H]1CC[C@@H]2C3CC[C@@H]4C[C@@H](OC(C)=O)CC[C@]4(C)C3[C@H](OC(C)=O)C(=O)[C@]12C. The minimum atomic E-state index is -0.869. The highest BCUT2D eigenvalue weighted by atomic mass is 16.6. The Kier molecular flexibility index (Phi) is 5.91. The molecular weight excluding hydrogens is 412 g/mol. The van der Waals surface area contributed by atoms with Crippen molar-refractivity contribution in [2.45, 2.75) is 84.8 Å². The molecule has 0 radical (unpaired) electrons. The Labute approximate surface area is 189 Å². The highest BCUT2D eigenvalue weighted by Gasteiger charge is 2.69. The van der Waals surface area contributed by atoms with E-state index in [1.165, 1.54) is 21.0 Å². The summed E-state index contributed by atoms with van der Waals surface area (Å²) >= 11 is 0. The lowest BCUT2D eigenvalue weighted by molar-refractivity contribution is -0.202. The molecule has 4 fully saturated rings. The monoisotopic (exact) mass is 448 g/mol. The van der Waals surface area contributed by atoms with Crippen LogP contribution in [0.15, 0.2) is 0 Å². The molecule has 0 spiro atoms. The minimum Gasteiger partial charge on any atom is -0.469 e. The van der Waals surface area contributed by atoms with E-state index in [0.29, 0.717) is 12.3 Å². The maximum atomic E-state index is 14.0. The molecule has 0 aromatic carbocycles. The number of carbonyl (C=O) groups excluding carboxylic acids is 4. The Morgan fingerprint density at radius 3 is 2.25 bits per heavy atom. The second-order valence-electron chi connectivity index (χ2n) is 10.9.